The molecule has 0 unspecified atom stereocenters. The SMILES string of the molecule is CCN1CCN(c2c(CNCC(C)C)c(C)nn2C)CC1. The first-order valence-electron chi connectivity index (χ1n) is 8.23. The van der Waals surface area contributed by atoms with Crippen molar-refractivity contribution in [2.24, 2.45) is 13.0 Å². The lowest BCUT2D eigenvalue weighted by Crippen LogP contribution is -2.47. The van der Waals surface area contributed by atoms with Gasteiger partial charge >= 0.3 is 0 Å². The molecule has 0 saturated carbocycles. The molecule has 0 aliphatic carbocycles. The molecule has 0 atom stereocenters. The summed E-state index contributed by atoms with van der Waals surface area (Å²) in [6.45, 7) is 16.5. The number of aryl methyl sites for hydroxylation is 2. The van der Waals surface area contributed by atoms with E-state index in [1.807, 2.05) is 0 Å². The molecule has 0 amide bonds. The van der Waals surface area contributed by atoms with Crippen molar-refractivity contribution in [2.75, 3.05) is 44.2 Å². The molecular formula is C16H31N5. The fourth-order valence-corrected chi connectivity index (χ4v) is 3.05. The molecule has 120 valence electrons. The van der Waals surface area contributed by atoms with Gasteiger partial charge in [0.15, 0.2) is 0 Å². The molecule has 1 aliphatic heterocycles. The number of anilines is 1. The van der Waals surface area contributed by atoms with E-state index >= 15 is 0 Å². The van der Waals surface area contributed by atoms with Crippen LogP contribution in [0.5, 0.6) is 0 Å². The van der Waals surface area contributed by atoms with Crippen molar-refractivity contribution in [3.05, 3.63) is 11.3 Å². The van der Waals surface area contributed by atoms with Crippen LogP contribution < -0.4 is 10.2 Å². The van der Waals surface area contributed by atoms with Gasteiger partial charge in [0.2, 0.25) is 0 Å². The fourth-order valence-electron chi connectivity index (χ4n) is 3.05. The van der Waals surface area contributed by atoms with Gasteiger partial charge in [0, 0.05) is 45.3 Å². The van der Waals surface area contributed by atoms with E-state index < -0.39 is 0 Å². The summed E-state index contributed by atoms with van der Waals surface area (Å²) in [5.74, 6) is 1.98. The van der Waals surface area contributed by atoms with Gasteiger partial charge < -0.3 is 15.1 Å². The molecule has 1 aliphatic rings. The van der Waals surface area contributed by atoms with Gasteiger partial charge in [-0.2, -0.15) is 5.10 Å². The zero-order valence-electron chi connectivity index (χ0n) is 14.3. The molecule has 21 heavy (non-hydrogen) atoms. The fraction of sp³-hybridized carbons (Fsp3) is 0.812. The van der Waals surface area contributed by atoms with Crippen LogP contribution in [0.2, 0.25) is 0 Å². The minimum absolute atomic E-state index is 0.679. The standard InChI is InChI=1S/C16H31N5/c1-6-20-7-9-21(10-8-20)16-15(12-17-11-13(2)3)14(4)18-19(16)5/h13,17H,6-12H2,1-5H3. The third-order valence-corrected chi connectivity index (χ3v) is 4.29. The normalized spacial score (nSPS) is 17.0. The van der Waals surface area contributed by atoms with Gasteiger partial charge in [0.1, 0.15) is 5.82 Å². The Bertz CT molecular complexity index is 444. The van der Waals surface area contributed by atoms with Crippen LogP contribution >= 0.6 is 0 Å². The monoisotopic (exact) mass is 293 g/mol. The molecule has 0 aromatic carbocycles. The van der Waals surface area contributed by atoms with Crippen molar-refractivity contribution in [2.45, 2.75) is 34.2 Å². The highest BCUT2D eigenvalue weighted by Gasteiger charge is 2.22. The van der Waals surface area contributed by atoms with E-state index in [9.17, 15) is 0 Å². The Morgan fingerprint density at radius 2 is 1.86 bits per heavy atom. The van der Waals surface area contributed by atoms with E-state index in [2.05, 4.69) is 59.6 Å². The van der Waals surface area contributed by atoms with Crippen LogP contribution in [0.25, 0.3) is 0 Å². The summed E-state index contributed by atoms with van der Waals surface area (Å²) in [7, 11) is 2.07. The van der Waals surface area contributed by atoms with E-state index in [1.165, 1.54) is 11.4 Å². The Labute approximate surface area is 129 Å². The maximum Gasteiger partial charge on any atom is 0.131 e. The van der Waals surface area contributed by atoms with E-state index in [4.69, 9.17) is 0 Å². The average molecular weight is 293 g/mol. The number of hydrogen-bond donors (Lipinski definition) is 1. The summed E-state index contributed by atoms with van der Waals surface area (Å²) in [6, 6.07) is 0. The van der Waals surface area contributed by atoms with E-state index in [-0.39, 0.29) is 0 Å². The molecule has 1 aromatic heterocycles. The van der Waals surface area contributed by atoms with Gasteiger partial charge in [-0.1, -0.05) is 20.8 Å². The van der Waals surface area contributed by atoms with Gasteiger partial charge in [0.25, 0.3) is 0 Å². The molecule has 1 N–H and O–H groups in total. The smallest absolute Gasteiger partial charge is 0.131 e. The van der Waals surface area contributed by atoms with E-state index in [1.54, 1.807) is 0 Å². The molecule has 5 heteroatoms. The van der Waals surface area contributed by atoms with Crippen LogP contribution in [0.15, 0.2) is 0 Å². The van der Waals surface area contributed by atoms with Crippen LogP contribution in [0, 0.1) is 12.8 Å². The van der Waals surface area contributed by atoms with Crippen LogP contribution in [0.1, 0.15) is 32.0 Å². The van der Waals surface area contributed by atoms with Crippen molar-refractivity contribution in [1.82, 2.24) is 20.0 Å². The molecule has 0 bridgehead atoms. The van der Waals surface area contributed by atoms with Crippen molar-refractivity contribution < 1.29 is 0 Å². The molecule has 2 rings (SSSR count). The van der Waals surface area contributed by atoms with Crippen molar-refractivity contribution in [3.8, 4) is 0 Å². The van der Waals surface area contributed by atoms with Crippen LogP contribution in [-0.2, 0) is 13.6 Å². The highest BCUT2D eigenvalue weighted by atomic mass is 15.4. The van der Waals surface area contributed by atoms with Crippen LogP contribution in [-0.4, -0.2) is 53.9 Å². The molecule has 2 heterocycles. The third kappa shape index (κ3) is 3.98. The molecule has 0 radical (unpaired) electrons. The highest BCUT2D eigenvalue weighted by Crippen LogP contribution is 2.24. The molecule has 1 aromatic rings. The second-order valence-electron chi connectivity index (χ2n) is 6.46. The summed E-state index contributed by atoms with van der Waals surface area (Å²) >= 11 is 0. The Balaban J connectivity index is 2.08. The predicted molar refractivity (Wildman–Crippen MR) is 88.8 cm³/mol. The predicted octanol–water partition coefficient (Wildman–Crippen LogP) is 1.62. The maximum atomic E-state index is 4.64. The first kappa shape index (κ1) is 16.3. The Kier molecular flexibility index (Phi) is 5.65. The van der Waals surface area contributed by atoms with Crippen LogP contribution in [0.3, 0.4) is 0 Å². The summed E-state index contributed by atoms with van der Waals surface area (Å²) < 4.78 is 2.06. The molecule has 1 saturated heterocycles. The van der Waals surface area contributed by atoms with Crippen molar-refractivity contribution >= 4 is 5.82 Å². The average Bonchev–Trinajstić information content (AvgIpc) is 2.73. The van der Waals surface area contributed by atoms with E-state index in [0.29, 0.717) is 5.92 Å². The number of nitrogens with zero attached hydrogens (tertiary/aromatic N) is 4. The number of likely N-dealkylation sites (N-methyl/N-ethyl adjacent to an activating group) is 1. The van der Waals surface area contributed by atoms with Gasteiger partial charge in [-0.05, 0) is 25.9 Å². The molecule has 1 fully saturated rings. The number of aromatic nitrogens is 2. The largest absolute Gasteiger partial charge is 0.354 e. The van der Waals surface area contributed by atoms with Gasteiger partial charge in [-0.15, -0.1) is 0 Å². The summed E-state index contributed by atoms with van der Waals surface area (Å²) in [5.41, 5.74) is 2.52. The lowest BCUT2D eigenvalue weighted by molar-refractivity contribution is 0.269. The number of piperazine rings is 1. The molecule has 0 spiro atoms. The Morgan fingerprint density at radius 1 is 1.19 bits per heavy atom. The van der Waals surface area contributed by atoms with Gasteiger partial charge in [-0.3, -0.25) is 4.68 Å². The summed E-state index contributed by atoms with van der Waals surface area (Å²) in [5, 5.41) is 8.21. The minimum atomic E-state index is 0.679. The Morgan fingerprint density at radius 3 is 2.43 bits per heavy atom. The Hall–Kier alpha value is -1.07. The first-order chi connectivity index (χ1) is 10.0. The van der Waals surface area contributed by atoms with Crippen LogP contribution in [0.4, 0.5) is 5.82 Å². The lowest BCUT2D eigenvalue weighted by atomic mass is 10.2. The zero-order chi connectivity index (χ0) is 15.4. The van der Waals surface area contributed by atoms with Gasteiger partial charge in [0.05, 0.1) is 5.69 Å². The molecular weight excluding hydrogens is 262 g/mol. The number of hydrogen-bond acceptors (Lipinski definition) is 4. The van der Waals surface area contributed by atoms with Gasteiger partial charge in [-0.25, -0.2) is 0 Å². The summed E-state index contributed by atoms with van der Waals surface area (Å²) in [4.78, 5) is 5.01. The second-order valence-corrected chi connectivity index (χ2v) is 6.46. The quantitative estimate of drug-likeness (QED) is 0.864. The van der Waals surface area contributed by atoms with Crippen molar-refractivity contribution in [3.63, 3.8) is 0 Å². The lowest BCUT2D eigenvalue weighted by Gasteiger charge is -2.35. The zero-order valence-corrected chi connectivity index (χ0v) is 14.3. The first-order valence-corrected chi connectivity index (χ1v) is 8.23. The number of nitrogens with one attached hydrogen (secondary N) is 1. The molecule has 5 nitrogen and oxygen atoms in total. The van der Waals surface area contributed by atoms with Crippen molar-refractivity contribution in [1.29, 1.82) is 0 Å². The summed E-state index contributed by atoms with van der Waals surface area (Å²) in [6.07, 6.45) is 0. The van der Waals surface area contributed by atoms with E-state index in [0.717, 1.165) is 51.5 Å². The second kappa shape index (κ2) is 7.27. The number of rotatable bonds is 6. The third-order valence-electron chi connectivity index (χ3n) is 4.29. The highest BCUT2D eigenvalue weighted by molar-refractivity contribution is 5.50. The topological polar surface area (TPSA) is 36.3 Å². The maximum absolute atomic E-state index is 4.64. The minimum Gasteiger partial charge on any atom is -0.354 e.